The number of carboxylic acid groups (broad SMARTS) is 1. The molecule has 6 fully saturated rings. The SMILES string of the molecule is C[C@@H]1O[C@@H](O[C@@H]2[C@H](O[C@H]3CC[C@@]4(C)[C@@H](CC[C@]5(C)[C@@H]4CC=C4[C@@H]6CC(C)(C)CC[C@]6(C(=O)O)CC[C@]45C)[C@]3(C)CO)O[C@@H](CO)[C@H]2O)[C@H](O)[C@H](O)[C@H]1O. The molecule has 0 spiro atoms. The smallest absolute Gasteiger partial charge is 0.310 e. The molecule has 2 saturated heterocycles. The maximum absolute atomic E-state index is 13.0. The van der Waals surface area contributed by atoms with Crippen LogP contribution in [0.2, 0.25) is 0 Å². The predicted molar refractivity (Wildman–Crippen MR) is 192 cm³/mol. The standard InChI is InChI=1S/C41H66O12/c1-21-28(44)30(46)31(47)33(50-21)53-32-29(45)24(19-42)51-34(32)52-27-11-12-37(4)25(38(27,5)20-43)10-13-40(7)26(37)9-8-22-23-18-36(2,3)14-16-41(23,35(48)49)17-15-39(22,40)6/h8,21,23-34,42-47H,9-20H2,1-7H3,(H,48,49)/t21-,23-,24-,25+,26+,27-,28-,29+,30+,31+,32-,33-,34-,37-,38-,39+,40+,41-/m0/s1. The number of aliphatic carboxylic acids is 1. The molecule has 5 aliphatic carbocycles. The number of aliphatic hydroxyl groups excluding tert-OH is 6. The number of carbonyl (C=O) groups is 1. The number of carboxylic acids is 1. The molecule has 0 bridgehead atoms. The van der Waals surface area contributed by atoms with E-state index in [4.69, 9.17) is 18.9 Å². The number of fused-ring (bicyclic) bond motifs is 7. The van der Waals surface area contributed by atoms with Gasteiger partial charge in [-0.25, -0.2) is 0 Å². The fourth-order valence-electron chi connectivity index (χ4n) is 13.4. The van der Waals surface area contributed by atoms with Crippen LogP contribution in [0.1, 0.15) is 113 Å². The molecule has 302 valence electrons. The van der Waals surface area contributed by atoms with Gasteiger partial charge in [-0.05, 0) is 111 Å². The Morgan fingerprint density at radius 2 is 1.51 bits per heavy atom. The Morgan fingerprint density at radius 3 is 2.17 bits per heavy atom. The summed E-state index contributed by atoms with van der Waals surface area (Å²) >= 11 is 0. The Labute approximate surface area is 314 Å². The first-order valence-corrected chi connectivity index (χ1v) is 20.2. The Kier molecular flexibility index (Phi) is 10.2. The Balaban J connectivity index is 1.15. The van der Waals surface area contributed by atoms with Crippen molar-refractivity contribution < 1.29 is 59.5 Å². The largest absolute Gasteiger partial charge is 0.481 e. The molecule has 4 saturated carbocycles. The average molecular weight is 751 g/mol. The lowest BCUT2D eigenvalue weighted by Crippen LogP contribution is -2.66. The van der Waals surface area contributed by atoms with Gasteiger partial charge < -0.3 is 54.7 Å². The Morgan fingerprint density at radius 1 is 0.811 bits per heavy atom. The quantitative estimate of drug-likeness (QED) is 0.188. The minimum atomic E-state index is -1.60. The highest BCUT2D eigenvalue weighted by atomic mass is 16.8. The molecule has 0 unspecified atom stereocenters. The van der Waals surface area contributed by atoms with E-state index in [1.807, 2.05) is 0 Å². The number of allylic oxidation sites excluding steroid dienone is 2. The molecular weight excluding hydrogens is 684 g/mol. The molecular formula is C41H66O12. The normalized spacial score (nSPS) is 54.9. The minimum Gasteiger partial charge on any atom is -0.481 e. The van der Waals surface area contributed by atoms with Crippen LogP contribution in [-0.2, 0) is 23.7 Å². The summed E-state index contributed by atoms with van der Waals surface area (Å²) in [7, 11) is 0. The van der Waals surface area contributed by atoms with Gasteiger partial charge in [-0.3, -0.25) is 4.79 Å². The van der Waals surface area contributed by atoms with E-state index in [2.05, 4.69) is 47.6 Å². The fraction of sp³-hybridized carbons (Fsp3) is 0.927. The monoisotopic (exact) mass is 750 g/mol. The van der Waals surface area contributed by atoms with Crippen LogP contribution in [0, 0.1) is 50.2 Å². The number of rotatable bonds is 7. The van der Waals surface area contributed by atoms with E-state index in [1.54, 1.807) is 6.92 Å². The molecule has 53 heavy (non-hydrogen) atoms. The van der Waals surface area contributed by atoms with E-state index in [-0.39, 0.29) is 40.1 Å². The molecule has 12 heteroatoms. The third-order valence-corrected chi connectivity index (χ3v) is 17.0. The van der Waals surface area contributed by atoms with Crippen molar-refractivity contribution in [2.45, 2.75) is 174 Å². The predicted octanol–water partition coefficient (Wildman–Crippen LogP) is 3.52. The second-order valence-corrected chi connectivity index (χ2v) is 20.0. The van der Waals surface area contributed by atoms with Gasteiger partial charge >= 0.3 is 5.97 Å². The molecule has 2 heterocycles. The van der Waals surface area contributed by atoms with E-state index in [9.17, 15) is 40.5 Å². The lowest BCUT2D eigenvalue weighted by Gasteiger charge is -2.71. The maximum Gasteiger partial charge on any atom is 0.310 e. The zero-order valence-corrected chi connectivity index (χ0v) is 32.7. The summed E-state index contributed by atoms with van der Waals surface area (Å²) < 4.78 is 24.4. The number of ether oxygens (including phenoxy) is 4. The second-order valence-electron chi connectivity index (χ2n) is 20.0. The lowest BCUT2D eigenvalue weighted by atomic mass is 9.33. The number of hydrogen-bond acceptors (Lipinski definition) is 11. The molecule has 7 rings (SSSR count). The van der Waals surface area contributed by atoms with Gasteiger partial charge in [0.2, 0.25) is 0 Å². The highest BCUT2D eigenvalue weighted by Crippen LogP contribution is 2.76. The maximum atomic E-state index is 13.0. The van der Waals surface area contributed by atoms with E-state index in [1.165, 1.54) is 5.57 Å². The first-order valence-electron chi connectivity index (χ1n) is 20.2. The summed E-state index contributed by atoms with van der Waals surface area (Å²) in [6, 6.07) is 0. The van der Waals surface area contributed by atoms with Crippen molar-refractivity contribution in [3.8, 4) is 0 Å². The molecule has 7 N–H and O–H groups in total. The van der Waals surface area contributed by atoms with Crippen LogP contribution in [0.25, 0.3) is 0 Å². The molecule has 0 aromatic rings. The van der Waals surface area contributed by atoms with Gasteiger partial charge in [0.15, 0.2) is 12.6 Å². The zero-order chi connectivity index (χ0) is 38.7. The van der Waals surface area contributed by atoms with Crippen molar-refractivity contribution in [2.24, 2.45) is 50.2 Å². The van der Waals surface area contributed by atoms with Crippen molar-refractivity contribution in [2.75, 3.05) is 13.2 Å². The number of hydrogen-bond donors (Lipinski definition) is 7. The van der Waals surface area contributed by atoms with Gasteiger partial charge in [0.25, 0.3) is 0 Å². The summed E-state index contributed by atoms with van der Waals surface area (Å²) in [5.74, 6) is -0.192. The molecule has 2 aliphatic heterocycles. The van der Waals surface area contributed by atoms with Crippen LogP contribution in [0.15, 0.2) is 11.6 Å². The van der Waals surface area contributed by atoms with Gasteiger partial charge in [0.05, 0.1) is 30.8 Å². The first kappa shape index (κ1) is 40.0. The van der Waals surface area contributed by atoms with Gasteiger partial charge in [0, 0.05) is 5.41 Å². The van der Waals surface area contributed by atoms with E-state index in [0.717, 1.165) is 51.4 Å². The Bertz CT molecular complexity index is 1440. The van der Waals surface area contributed by atoms with E-state index in [0.29, 0.717) is 18.8 Å². The van der Waals surface area contributed by atoms with Gasteiger partial charge in [-0.2, -0.15) is 0 Å². The molecule has 7 aliphatic rings. The van der Waals surface area contributed by atoms with Crippen LogP contribution in [0.4, 0.5) is 0 Å². The lowest BCUT2D eigenvalue weighted by molar-refractivity contribution is -0.329. The van der Waals surface area contributed by atoms with Crippen LogP contribution < -0.4 is 0 Å². The third-order valence-electron chi connectivity index (χ3n) is 17.0. The topological polar surface area (TPSA) is 196 Å². The minimum absolute atomic E-state index is 0.0361. The molecule has 0 aromatic heterocycles. The van der Waals surface area contributed by atoms with Crippen LogP contribution in [-0.4, -0.2) is 116 Å². The van der Waals surface area contributed by atoms with Crippen molar-refractivity contribution in [1.82, 2.24) is 0 Å². The van der Waals surface area contributed by atoms with Crippen LogP contribution >= 0.6 is 0 Å². The zero-order valence-electron chi connectivity index (χ0n) is 32.7. The fourth-order valence-corrected chi connectivity index (χ4v) is 13.4. The average Bonchev–Trinajstić information content (AvgIpc) is 3.40. The van der Waals surface area contributed by atoms with Crippen molar-refractivity contribution >= 4 is 5.97 Å². The molecule has 0 amide bonds. The van der Waals surface area contributed by atoms with Gasteiger partial charge in [-0.15, -0.1) is 0 Å². The summed E-state index contributed by atoms with van der Waals surface area (Å²) in [4.78, 5) is 13.0. The van der Waals surface area contributed by atoms with Gasteiger partial charge in [0.1, 0.15) is 36.6 Å². The number of aliphatic hydroxyl groups is 6. The summed E-state index contributed by atoms with van der Waals surface area (Å²) in [5.41, 5.74) is -0.236. The molecule has 18 atom stereocenters. The molecule has 12 nitrogen and oxygen atoms in total. The van der Waals surface area contributed by atoms with Crippen molar-refractivity contribution in [3.05, 3.63) is 11.6 Å². The van der Waals surface area contributed by atoms with Crippen molar-refractivity contribution in [1.29, 1.82) is 0 Å². The van der Waals surface area contributed by atoms with Crippen LogP contribution in [0.5, 0.6) is 0 Å². The highest BCUT2D eigenvalue weighted by molar-refractivity contribution is 5.76. The van der Waals surface area contributed by atoms with Crippen LogP contribution in [0.3, 0.4) is 0 Å². The molecule has 0 aromatic carbocycles. The summed E-state index contributed by atoms with van der Waals surface area (Å²) in [5, 5.41) is 74.4. The Hall–Kier alpha value is -1.19. The highest BCUT2D eigenvalue weighted by Gasteiger charge is 2.70. The summed E-state index contributed by atoms with van der Waals surface area (Å²) in [6.45, 7) is 14.9. The van der Waals surface area contributed by atoms with Gasteiger partial charge in [-0.1, -0.05) is 53.2 Å². The summed E-state index contributed by atoms with van der Waals surface area (Å²) in [6.07, 6.45) is -1.18. The first-order chi connectivity index (χ1) is 24.7. The molecule has 0 radical (unpaired) electrons. The third kappa shape index (κ3) is 5.77. The second kappa shape index (κ2) is 13.5. The van der Waals surface area contributed by atoms with Crippen molar-refractivity contribution in [3.63, 3.8) is 0 Å². The van der Waals surface area contributed by atoms with E-state index >= 15 is 0 Å². The van der Waals surface area contributed by atoms with E-state index < -0.39 is 84.8 Å².